The maximum absolute atomic E-state index is 6.37. The van der Waals surface area contributed by atoms with Crippen molar-refractivity contribution in [1.29, 1.82) is 0 Å². The summed E-state index contributed by atoms with van der Waals surface area (Å²) in [5.41, 5.74) is 9.79. The van der Waals surface area contributed by atoms with Crippen molar-refractivity contribution in [2.45, 2.75) is 65.7 Å². The molecule has 47 heavy (non-hydrogen) atoms. The fourth-order valence-electron chi connectivity index (χ4n) is 6.06. The number of hydrogen-bond donors (Lipinski definition) is 0. The fraction of sp³-hybridized carbons (Fsp3) is 0.268. The normalized spacial score (nSPS) is 11.6. The minimum Gasteiger partial charge on any atom is -0.503 e. The van der Waals surface area contributed by atoms with E-state index in [1.54, 1.807) is 6.20 Å². The zero-order valence-electron chi connectivity index (χ0n) is 28.4. The van der Waals surface area contributed by atoms with Crippen molar-refractivity contribution in [2.24, 2.45) is 7.05 Å². The predicted octanol–water partition coefficient (Wildman–Crippen LogP) is 10.5. The minimum atomic E-state index is -0.225. The first-order valence-corrected chi connectivity index (χ1v) is 16.1. The molecule has 0 radical (unpaired) electrons. The van der Waals surface area contributed by atoms with Gasteiger partial charge < -0.3 is 9.30 Å². The number of ether oxygens (including phenoxy) is 1. The van der Waals surface area contributed by atoms with E-state index in [9.17, 15) is 0 Å². The zero-order chi connectivity index (χ0) is 32.6. The Bertz CT molecular complexity index is 1950. The van der Waals surface area contributed by atoms with Gasteiger partial charge in [-0.15, -0.1) is 42.0 Å². The van der Waals surface area contributed by atoms with E-state index in [4.69, 9.17) is 9.84 Å². The molecule has 6 heteroatoms. The molecular formula is C41H42N4OPt. The number of hydrogen-bond acceptors (Lipinski definition) is 3. The Kier molecular flexibility index (Phi) is 10.1. The van der Waals surface area contributed by atoms with Gasteiger partial charge in [0.05, 0.1) is 17.2 Å². The van der Waals surface area contributed by atoms with Crippen molar-refractivity contribution >= 4 is 0 Å². The Morgan fingerprint density at radius 1 is 0.723 bits per heavy atom. The molecule has 0 amide bonds. The van der Waals surface area contributed by atoms with Gasteiger partial charge in [-0.05, 0) is 34.2 Å². The summed E-state index contributed by atoms with van der Waals surface area (Å²) in [7, 11) is 1.97. The Morgan fingerprint density at radius 2 is 1.34 bits per heavy atom. The molecule has 0 saturated carbocycles. The van der Waals surface area contributed by atoms with Gasteiger partial charge in [-0.2, -0.15) is 11.2 Å². The van der Waals surface area contributed by atoms with Gasteiger partial charge in [-0.1, -0.05) is 103 Å². The van der Waals surface area contributed by atoms with Crippen LogP contribution in [-0.4, -0.2) is 19.3 Å². The maximum Gasteiger partial charge on any atom is 2.00 e. The Labute approximate surface area is 293 Å². The van der Waals surface area contributed by atoms with E-state index in [0.29, 0.717) is 23.3 Å². The van der Waals surface area contributed by atoms with Crippen molar-refractivity contribution in [3.63, 3.8) is 0 Å². The Hall–Kier alpha value is -4.21. The monoisotopic (exact) mass is 801 g/mol. The van der Waals surface area contributed by atoms with Crippen LogP contribution in [0.3, 0.4) is 0 Å². The summed E-state index contributed by atoms with van der Waals surface area (Å²) in [5.74, 6) is 2.70. The van der Waals surface area contributed by atoms with Gasteiger partial charge in [-0.25, -0.2) is 0 Å². The molecule has 2 heterocycles. The number of aryl methyl sites for hydroxylation is 1. The van der Waals surface area contributed by atoms with Gasteiger partial charge in [0.25, 0.3) is 0 Å². The first-order chi connectivity index (χ1) is 22.0. The molecule has 0 atom stereocenters. The number of aromatic nitrogens is 4. The molecule has 242 valence electrons. The smallest absolute Gasteiger partial charge is 0.503 e. The van der Waals surface area contributed by atoms with Crippen LogP contribution in [0.15, 0.2) is 97.3 Å². The SMILES string of the molecule is CC(C)c1cccc(C(C)C)c1-c1c(C(C)(C)C)nn(-c2[c-]c(Oc3[c-]c(-c4nccn4C)ccc3)ccc2)c1-c1ccccc1.[Pt+2]. The van der Waals surface area contributed by atoms with Crippen LogP contribution < -0.4 is 4.74 Å². The van der Waals surface area contributed by atoms with Crippen LogP contribution in [0.5, 0.6) is 11.5 Å². The van der Waals surface area contributed by atoms with Gasteiger partial charge in [-0.3, -0.25) is 9.67 Å². The first kappa shape index (κ1) is 34.1. The molecular weight excluding hydrogens is 760 g/mol. The topological polar surface area (TPSA) is 44.9 Å². The molecule has 0 saturated heterocycles. The number of imidazole rings is 1. The van der Waals surface area contributed by atoms with E-state index in [-0.39, 0.29) is 26.5 Å². The largest absolute Gasteiger partial charge is 2.00 e. The molecule has 0 spiro atoms. The van der Waals surface area contributed by atoms with Crippen molar-refractivity contribution < 1.29 is 25.8 Å². The molecule has 0 aliphatic rings. The van der Waals surface area contributed by atoms with Crippen LogP contribution in [0.2, 0.25) is 0 Å². The van der Waals surface area contributed by atoms with Crippen molar-refractivity contribution in [2.75, 3.05) is 0 Å². The summed E-state index contributed by atoms with van der Waals surface area (Å²) in [6.07, 6.45) is 3.71. The van der Waals surface area contributed by atoms with E-state index in [2.05, 4.69) is 119 Å². The summed E-state index contributed by atoms with van der Waals surface area (Å²) < 4.78 is 10.4. The van der Waals surface area contributed by atoms with Crippen molar-refractivity contribution in [1.82, 2.24) is 19.3 Å². The fourth-order valence-corrected chi connectivity index (χ4v) is 6.06. The Balaban J connectivity index is 0.00000433. The Morgan fingerprint density at radius 3 is 1.94 bits per heavy atom. The van der Waals surface area contributed by atoms with Gasteiger partial charge in [0, 0.05) is 47.5 Å². The number of rotatable bonds is 8. The maximum atomic E-state index is 6.37. The second-order valence-electron chi connectivity index (χ2n) is 13.5. The summed E-state index contributed by atoms with van der Waals surface area (Å²) in [5, 5.41) is 5.42. The van der Waals surface area contributed by atoms with Gasteiger partial charge in [0.2, 0.25) is 0 Å². The van der Waals surface area contributed by atoms with E-state index in [0.717, 1.165) is 34.0 Å². The minimum absolute atomic E-state index is 0. The molecule has 0 unspecified atom stereocenters. The molecule has 0 fully saturated rings. The molecule has 6 rings (SSSR count). The summed E-state index contributed by atoms with van der Waals surface area (Å²) in [6, 6.07) is 36.1. The molecule has 0 N–H and O–H groups in total. The standard InChI is InChI=1S/C41H42N4O.Pt/c1-27(2)34-21-14-22-35(28(3)4)36(34)37-38(29-15-10-9-11-16-29)45(43-39(37)41(5,6)7)31-18-13-20-33(26-31)46-32-19-12-17-30(25-32)40-42-23-24-44(40)8;/h9-24,27-28H,1-8H3;/q-2;+2. The average molecular weight is 802 g/mol. The third-order valence-electron chi connectivity index (χ3n) is 8.30. The molecule has 4 aromatic carbocycles. The van der Waals surface area contributed by atoms with E-state index in [1.807, 2.05) is 54.2 Å². The second-order valence-corrected chi connectivity index (χ2v) is 13.5. The second kappa shape index (κ2) is 13.9. The van der Waals surface area contributed by atoms with Gasteiger partial charge in [0.1, 0.15) is 0 Å². The number of nitrogens with zero attached hydrogens (tertiary/aromatic N) is 4. The quantitative estimate of drug-likeness (QED) is 0.144. The molecule has 0 aliphatic carbocycles. The van der Waals surface area contributed by atoms with Crippen molar-refractivity contribution in [3.8, 4) is 51.0 Å². The van der Waals surface area contributed by atoms with Gasteiger partial charge >= 0.3 is 21.1 Å². The third-order valence-corrected chi connectivity index (χ3v) is 8.30. The average Bonchev–Trinajstić information content (AvgIpc) is 3.65. The third kappa shape index (κ3) is 6.92. The summed E-state index contributed by atoms with van der Waals surface area (Å²) in [6.45, 7) is 15.9. The number of benzene rings is 4. The van der Waals surface area contributed by atoms with Crippen LogP contribution in [-0.2, 0) is 33.5 Å². The van der Waals surface area contributed by atoms with Crippen LogP contribution in [0.25, 0.3) is 39.5 Å². The summed E-state index contributed by atoms with van der Waals surface area (Å²) in [4.78, 5) is 4.47. The van der Waals surface area contributed by atoms with E-state index >= 15 is 0 Å². The molecule has 0 bridgehead atoms. The zero-order valence-corrected chi connectivity index (χ0v) is 30.7. The molecule has 5 nitrogen and oxygen atoms in total. The molecule has 0 aliphatic heterocycles. The van der Waals surface area contributed by atoms with Crippen LogP contribution in [0.1, 0.15) is 77.1 Å². The summed E-state index contributed by atoms with van der Waals surface area (Å²) >= 11 is 0. The first-order valence-electron chi connectivity index (χ1n) is 16.1. The van der Waals surface area contributed by atoms with E-state index < -0.39 is 0 Å². The van der Waals surface area contributed by atoms with Crippen molar-refractivity contribution in [3.05, 3.63) is 126 Å². The van der Waals surface area contributed by atoms with Crippen LogP contribution in [0.4, 0.5) is 0 Å². The van der Waals surface area contributed by atoms with Crippen LogP contribution >= 0.6 is 0 Å². The molecule has 2 aromatic heterocycles. The van der Waals surface area contributed by atoms with E-state index in [1.165, 1.54) is 22.3 Å². The van der Waals surface area contributed by atoms with Crippen LogP contribution in [0, 0.1) is 12.1 Å². The molecule has 6 aromatic rings. The van der Waals surface area contributed by atoms with Gasteiger partial charge in [0.15, 0.2) is 0 Å². The predicted molar refractivity (Wildman–Crippen MR) is 188 cm³/mol.